The van der Waals surface area contributed by atoms with Crippen LogP contribution in [0.15, 0.2) is 71.8 Å². The number of amides is 1. The third-order valence-corrected chi connectivity index (χ3v) is 3.86. The third kappa shape index (κ3) is 5.41. The number of ether oxygens (including phenoxy) is 1. The maximum Gasteiger partial charge on any atom is 0.289 e. The van der Waals surface area contributed by atoms with Gasteiger partial charge in [-0.15, -0.1) is 0 Å². The first-order chi connectivity index (χ1) is 13.8. The molecule has 0 saturated heterocycles. The zero-order chi connectivity index (χ0) is 19.6. The van der Waals surface area contributed by atoms with Crippen LogP contribution in [-0.4, -0.2) is 28.9 Å². The van der Waals surface area contributed by atoms with Gasteiger partial charge in [0.05, 0.1) is 12.3 Å². The lowest BCUT2D eigenvalue weighted by Crippen LogP contribution is -2.17. The average molecular weight is 374 g/mol. The molecule has 6 heteroatoms. The van der Waals surface area contributed by atoms with Crippen molar-refractivity contribution in [2.75, 3.05) is 6.61 Å². The first-order valence-electron chi connectivity index (χ1n) is 9.10. The van der Waals surface area contributed by atoms with Crippen molar-refractivity contribution in [3.05, 3.63) is 78.0 Å². The fourth-order valence-corrected chi connectivity index (χ4v) is 2.45. The number of benzene rings is 2. The average Bonchev–Trinajstić information content (AvgIpc) is 3.23. The standard InChI is InChI=1S/C22H22N4O2/c1-2-15-28-19-12-10-18(11-13-19)20-16-21(25-24-20)22(27)26-23-14-6-9-17-7-4-3-5-8-17/h3-14,16H,2,15H2,1H3,(H,24,25)(H,26,27)/b9-6+,23-14-. The van der Waals surface area contributed by atoms with Gasteiger partial charge >= 0.3 is 0 Å². The number of H-pyrrole nitrogens is 1. The van der Waals surface area contributed by atoms with E-state index in [-0.39, 0.29) is 5.91 Å². The molecule has 0 atom stereocenters. The zero-order valence-corrected chi connectivity index (χ0v) is 15.6. The van der Waals surface area contributed by atoms with E-state index in [4.69, 9.17) is 4.74 Å². The van der Waals surface area contributed by atoms with Crippen molar-refractivity contribution in [3.63, 3.8) is 0 Å². The Hall–Kier alpha value is -3.67. The quantitative estimate of drug-likeness (QED) is 0.456. The molecule has 2 aromatic carbocycles. The smallest absolute Gasteiger partial charge is 0.289 e. The van der Waals surface area contributed by atoms with Crippen LogP contribution >= 0.6 is 0 Å². The van der Waals surface area contributed by atoms with E-state index in [1.54, 1.807) is 12.1 Å². The van der Waals surface area contributed by atoms with Gasteiger partial charge in [-0.1, -0.05) is 43.3 Å². The van der Waals surface area contributed by atoms with Crippen LogP contribution in [0.25, 0.3) is 17.3 Å². The molecular formula is C22H22N4O2. The summed E-state index contributed by atoms with van der Waals surface area (Å²) < 4.78 is 5.57. The Morgan fingerprint density at radius 1 is 1.18 bits per heavy atom. The number of nitrogens with zero attached hydrogens (tertiary/aromatic N) is 2. The Bertz CT molecular complexity index is 944. The molecule has 0 aliphatic rings. The van der Waals surface area contributed by atoms with Crippen LogP contribution in [0.3, 0.4) is 0 Å². The second-order valence-electron chi connectivity index (χ2n) is 6.03. The molecule has 28 heavy (non-hydrogen) atoms. The van der Waals surface area contributed by atoms with Gasteiger partial charge in [0.2, 0.25) is 0 Å². The van der Waals surface area contributed by atoms with Crippen LogP contribution in [-0.2, 0) is 0 Å². The molecule has 6 nitrogen and oxygen atoms in total. The normalized spacial score (nSPS) is 11.2. The number of hydrazone groups is 1. The number of aromatic nitrogens is 2. The SMILES string of the molecule is CCCOc1ccc(-c2cc(C(=O)N/N=C\C=C\c3ccccc3)[nH]n2)cc1. The second kappa shape index (κ2) is 9.87. The summed E-state index contributed by atoms with van der Waals surface area (Å²) >= 11 is 0. The van der Waals surface area contributed by atoms with Crippen molar-refractivity contribution < 1.29 is 9.53 Å². The number of aromatic amines is 1. The fourth-order valence-electron chi connectivity index (χ4n) is 2.45. The summed E-state index contributed by atoms with van der Waals surface area (Å²) in [5.41, 5.74) is 5.45. The van der Waals surface area contributed by atoms with Gasteiger partial charge in [-0.05, 0) is 48.4 Å². The van der Waals surface area contributed by atoms with Crippen LogP contribution in [0.1, 0.15) is 29.4 Å². The highest BCUT2D eigenvalue weighted by molar-refractivity contribution is 5.94. The molecule has 0 aliphatic carbocycles. The molecule has 3 rings (SSSR count). The summed E-state index contributed by atoms with van der Waals surface area (Å²) in [5, 5.41) is 10.8. The zero-order valence-electron chi connectivity index (χ0n) is 15.6. The fraction of sp³-hybridized carbons (Fsp3) is 0.136. The number of hydrogen-bond acceptors (Lipinski definition) is 4. The third-order valence-electron chi connectivity index (χ3n) is 3.86. The van der Waals surface area contributed by atoms with Crippen LogP contribution in [0, 0.1) is 0 Å². The van der Waals surface area contributed by atoms with E-state index in [2.05, 4.69) is 27.6 Å². The van der Waals surface area contributed by atoms with E-state index in [1.165, 1.54) is 6.21 Å². The largest absolute Gasteiger partial charge is 0.494 e. The van der Waals surface area contributed by atoms with Gasteiger partial charge in [0.15, 0.2) is 0 Å². The van der Waals surface area contributed by atoms with Crippen LogP contribution in [0.2, 0.25) is 0 Å². The number of rotatable bonds is 8. The highest BCUT2D eigenvalue weighted by atomic mass is 16.5. The molecule has 0 aliphatic heterocycles. The van der Waals surface area contributed by atoms with Gasteiger partial charge in [0, 0.05) is 11.8 Å². The highest BCUT2D eigenvalue weighted by Gasteiger charge is 2.10. The predicted octanol–water partition coefficient (Wildman–Crippen LogP) is 4.29. The molecule has 0 bridgehead atoms. The Morgan fingerprint density at radius 3 is 2.71 bits per heavy atom. The molecule has 0 spiro atoms. The lowest BCUT2D eigenvalue weighted by molar-refractivity contribution is 0.0950. The second-order valence-corrected chi connectivity index (χ2v) is 6.03. The molecule has 0 fully saturated rings. The van der Waals surface area contributed by atoms with E-state index in [0.29, 0.717) is 18.0 Å². The summed E-state index contributed by atoms with van der Waals surface area (Å²) in [4.78, 5) is 12.2. The van der Waals surface area contributed by atoms with Gasteiger partial charge in [0.1, 0.15) is 11.4 Å². The summed E-state index contributed by atoms with van der Waals surface area (Å²) in [7, 11) is 0. The van der Waals surface area contributed by atoms with Crippen molar-refractivity contribution in [1.29, 1.82) is 0 Å². The lowest BCUT2D eigenvalue weighted by atomic mass is 10.1. The number of carbonyl (C=O) groups excluding carboxylic acids is 1. The van der Waals surface area contributed by atoms with E-state index >= 15 is 0 Å². The monoisotopic (exact) mass is 374 g/mol. The van der Waals surface area contributed by atoms with Crippen molar-refractivity contribution in [1.82, 2.24) is 15.6 Å². The van der Waals surface area contributed by atoms with E-state index in [1.807, 2.05) is 60.7 Å². The van der Waals surface area contributed by atoms with Gasteiger partial charge in [0.25, 0.3) is 5.91 Å². The Morgan fingerprint density at radius 2 is 1.96 bits per heavy atom. The minimum atomic E-state index is -0.356. The molecule has 1 amide bonds. The summed E-state index contributed by atoms with van der Waals surface area (Å²) in [6.45, 7) is 2.75. The van der Waals surface area contributed by atoms with Gasteiger partial charge < -0.3 is 4.74 Å². The molecule has 1 heterocycles. The first kappa shape index (κ1) is 19.1. The molecule has 2 N–H and O–H groups in total. The van der Waals surface area contributed by atoms with Crippen molar-refractivity contribution in [3.8, 4) is 17.0 Å². The maximum atomic E-state index is 12.2. The number of allylic oxidation sites excluding steroid dienone is 1. The van der Waals surface area contributed by atoms with Gasteiger partial charge in [-0.3, -0.25) is 9.89 Å². The predicted molar refractivity (Wildman–Crippen MR) is 111 cm³/mol. The Labute approximate surface area is 163 Å². The molecular weight excluding hydrogens is 352 g/mol. The minimum Gasteiger partial charge on any atom is -0.494 e. The summed E-state index contributed by atoms with van der Waals surface area (Å²) in [6.07, 6.45) is 6.15. The molecule has 1 aromatic heterocycles. The molecule has 3 aromatic rings. The molecule has 0 unspecified atom stereocenters. The molecule has 0 radical (unpaired) electrons. The van der Waals surface area contributed by atoms with Crippen molar-refractivity contribution in [2.45, 2.75) is 13.3 Å². The number of nitrogens with one attached hydrogen (secondary N) is 2. The number of hydrogen-bond donors (Lipinski definition) is 2. The number of carbonyl (C=O) groups is 1. The maximum absolute atomic E-state index is 12.2. The summed E-state index contributed by atoms with van der Waals surface area (Å²) in [5.74, 6) is 0.461. The van der Waals surface area contributed by atoms with E-state index < -0.39 is 0 Å². The minimum absolute atomic E-state index is 0.338. The Kier molecular flexibility index (Phi) is 6.73. The highest BCUT2D eigenvalue weighted by Crippen LogP contribution is 2.21. The molecule has 0 saturated carbocycles. The molecule has 142 valence electrons. The Balaban J connectivity index is 1.55. The van der Waals surface area contributed by atoms with Crippen molar-refractivity contribution in [2.24, 2.45) is 5.10 Å². The van der Waals surface area contributed by atoms with Crippen LogP contribution in [0.5, 0.6) is 5.75 Å². The van der Waals surface area contributed by atoms with Crippen molar-refractivity contribution >= 4 is 18.2 Å². The summed E-state index contributed by atoms with van der Waals surface area (Å²) in [6, 6.07) is 19.1. The van der Waals surface area contributed by atoms with Crippen LogP contribution in [0.4, 0.5) is 0 Å². The van der Waals surface area contributed by atoms with Gasteiger partial charge in [-0.25, -0.2) is 5.43 Å². The first-order valence-corrected chi connectivity index (χ1v) is 9.10. The van der Waals surface area contributed by atoms with E-state index in [0.717, 1.165) is 23.3 Å². The van der Waals surface area contributed by atoms with E-state index in [9.17, 15) is 4.79 Å². The topological polar surface area (TPSA) is 79.4 Å². The van der Waals surface area contributed by atoms with Gasteiger partial charge in [-0.2, -0.15) is 10.2 Å². The lowest BCUT2D eigenvalue weighted by Gasteiger charge is -2.04. The van der Waals surface area contributed by atoms with Crippen LogP contribution < -0.4 is 10.2 Å².